The van der Waals surface area contributed by atoms with Gasteiger partial charge in [-0.25, -0.2) is 0 Å². The van der Waals surface area contributed by atoms with Gasteiger partial charge in [0.15, 0.2) is 0 Å². The van der Waals surface area contributed by atoms with Gasteiger partial charge in [0.25, 0.3) is 5.91 Å². The molecule has 1 N–H and O–H groups in total. The van der Waals surface area contributed by atoms with Gasteiger partial charge in [-0.2, -0.15) is 0 Å². The Kier molecular flexibility index (Phi) is 5.62. The Morgan fingerprint density at radius 3 is 2.95 bits per heavy atom. The third kappa shape index (κ3) is 4.21. The molecule has 2 rings (SSSR count). The molecule has 0 radical (unpaired) electrons. The molecule has 1 saturated heterocycles. The van der Waals surface area contributed by atoms with E-state index in [9.17, 15) is 9.90 Å². The van der Waals surface area contributed by atoms with Crippen LogP contribution < -0.4 is 4.74 Å². The predicted molar refractivity (Wildman–Crippen MR) is 82.5 cm³/mol. The summed E-state index contributed by atoms with van der Waals surface area (Å²) in [7, 11) is 0. The van der Waals surface area contributed by atoms with E-state index in [0.717, 1.165) is 31.6 Å². The van der Waals surface area contributed by atoms with Crippen LogP contribution in [0.25, 0.3) is 0 Å². The molecule has 1 heterocycles. The Labute approximate surface area is 126 Å². The quantitative estimate of drug-likeness (QED) is 0.907. The summed E-state index contributed by atoms with van der Waals surface area (Å²) in [5, 5.41) is 9.44. The summed E-state index contributed by atoms with van der Waals surface area (Å²) in [6.45, 7) is 5.58. The van der Waals surface area contributed by atoms with E-state index in [0.29, 0.717) is 18.1 Å². The molecule has 4 heteroatoms. The fourth-order valence-corrected chi connectivity index (χ4v) is 2.61. The molecule has 1 unspecified atom stereocenters. The monoisotopic (exact) mass is 291 g/mol. The molecule has 1 aliphatic rings. The van der Waals surface area contributed by atoms with Crippen molar-refractivity contribution < 1.29 is 14.6 Å². The Hall–Kier alpha value is -1.55. The number of aliphatic hydroxyl groups is 1. The Morgan fingerprint density at radius 2 is 2.24 bits per heavy atom. The van der Waals surface area contributed by atoms with E-state index in [-0.39, 0.29) is 18.6 Å². The minimum atomic E-state index is -0.0495. The van der Waals surface area contributed by atoms with Gasteiger partial charge < -0.3 is 14.7 Å². The van der Waals surface area contributed by atoms with E-state index in [1.54, 1.807) is 11.0 Å². The molecule has 0 spiro atoms. The maximum absolute atomic E-state index is 12.6. The van der Waals surface area contributed by atoms with Crippen LogP contribution in [-0.4, -0.2) is 41.7 Å². The van der Waals surface area contributed by atoms with Crippen LogP contribution in [0.15, 0.2) is 24.3 Å². The number of hydrogen-bond acceptors (Lipinski definition) is 3. The number of amides is 1. The summed E-state index contributed by atoms with van der Waals surface area (Å²) in [4.78, 5) is 14.4. The van der Waals surface area contributed by atoms with Gasteiger partial charge in [-0.05, 0) is 43.4 Å². The zero-order chi connectivity index (χ0) is 15.2. The second-order valence-corrected chi connectivity index (χ2v) is 6.06. The lowest BCUT2D eigenvalue weighted by molar-refractivity contribution is 0.0502. The SMILES string of the molecule is CC(C)COc1cccc(C(=O)N2CCCCC2CO)c1. The molecule has 116 valence electrons. The molecule has 1 atom stereocenters. The average Bonchev–Trinajstić information content (AvgIpc) is 2.52. The van der Waals surface area contributed by atoms with Crippen molar-refractivity contribution in [1.82, 2.24) is 4.90 Å². The predicted octanol–water partition coefficient (Wildman–Crippen LogP) is 2.71. The first-order valence-electron chi connectivity index (χ1n) is 7.76. The molecule has 1 aliphatic heterocycles. The van der Waals surface area contributed by atoms with E-state index in [2.05, 4.69) is 13.8 Å². The first kappa shape index (κ1) is 15.8. The lowest BCUT2D eigenvalue weighted by Crippen LogP contribution is -2.45. The number of likely N-dealkylation sites (tertiary alicyclic amines) is 1. The molecule has 0 aromatic heterocycles. The number of aliphatic hydroxyl groups excluding tert-OH is 1. The minimum Gasteiger partial charge on any atom is -0.493 e. The molecule has 1 aromatic rings. The van der Waals surface area contributed by atoms with Crippen molar-refractivity contribution in [2.45, 2.75) is 39.2 Å². The van der Waals surface area contributed by atoms with Crippen LogP contribution in [0.5, 0.6) is 5.75 Å². The highest BCUT2D eigenvalue weighted by molar-refractivity contribution is 5.94. The van der Waals surface area contributed by atoms with Gasteiger partial charge in [0.2, 0.25) is 0 Å². The van der Waals surface area contributed by atoms with E-state index in [1.807, 2.05) is 18.2 Å². The second-order valence-electron chi connectivity index (χ2n) is 6.06. The van der Waals surface area contributed by atoms with Gasteiger partial charge in [0, 0.05) is 12.1 Å². The number of rotatable bonds is 5. The topological polar surface area (TPSA) is 49.8 Å². The third-order valence-corrected chi connectivity index (χ3v) is 3.76. The summed E-state index contributed by atoms with van der Waals surface area (Å²) in [5.41, 5.74) is 0.636. The van der Waals surface area contributed by atoms with Crippen molar-refractivity contribution in [3.63, 3.8) is 0 Å². The Balaban J connectivity index is 2.09. The van der Waals surface area contributed by atoms with Crippen LogP contribution in [0.2, 0.25) is 0 Å². The zero-order valence-corrected chi connectivity index (χ0v) is 12.9. The first-order valence-corrected chi connectivity index (χ1v) is 7.76. The Morgan fingerprint density at radius 1 is 1.43 bits per heavy atom. The number of hydrogen-bond donors (Lipinski definition) is 1. The largest absolute Gasteiger partial charge is 0.493 e. The van der Waals surface area contributed by atoms with Gasteiger partial charge in [0.1, 0.15) is 5.75 Å². The molecule has 0 saturated carbocycles. The summed E-state index contributed by atoms with van der Waals surface area (Å²) in [6, 6.07) is 7.28. The molecular weight excluding hydrogens is 266 g/mol. The molecule has 0 aliphatic carbocycles. The number of nitrogens with zero attached hydrogens (tertiary/aromatic N) is 1. The summed E-state index contributed by atoms with van der Waals surface area (Å²) < 4.78 is 5.68. The van der Waals surface area contributed by atoms with Crippen LogP contribution in [-0.2, 0) is 0 Å². The van der Waals surface area contributed by atoms with Gasteiger partial charge in [-0.3, -0.25) is 4.79 Å². The van der Waals surface area contributed by atoms with Crippen molar-refractivity contribution >= 4 is 5.91 Å². The highest BCUT2D eigenvalue weighted by atomic mass is 16.5. The normalized spacial score (nSPS) is 18.9. The van der Waals surface area contributed by atoms with Gasteiger partial charge in [0.05, 0.1) is 19.3 Å². The van der Waals surface area contributed by atoms with Crippen molar-refractivity contribution in [1.29, 1.82) is 0 Å². The van der Waals surface area contributed by atoms with Gasteiger partial charge >= 0.3 is 0 Å². The van der Waals surface area contributed by atoms with Crippen LogP contribution in [0.3, 0.4) is 0 Å². The smallest absolute Gasteiger partial charge is 0.254 e. The number of carbonyl (C=O) groups excluding carboxylic acids is 1. The average molecular weight is 291 g/mol. The number of carbonyl (C=O) groups is 1. The molecular formula is C17H25NO3. The zero-order valence-electron chi connectivity index (χ0n) is 12.9. The van der Waals surface area contributed by atoms with Crippen molar-refractivity contribution in [3.8, 4) is 5.75 Å². The van der Waals surface area contributed by atoms with Crippen LogP contribution in [0.1, 0.15) is 43.5 Å². The lowest BCUT2D eigenvalue weighted by atomic mass is 10.0. The molecule has 4 nitrogen and oxygen atoms in total. The fraction of sp³-hybridized carbons (Fsp3) is 0.588. The van der Waals surface area contributed by atoms with E-state index in [1.165, 1.54) is 0 Å². The standard InChI is InChI=1S/C17H25NO3/c1-13(2)12-21-16-8-5-6-14(10-16)17(20)18-9-4-3-7-15(18)11-19/h5-6,8,10,13,15,19H,3-4,7,9,11-12H2,1-2H3. The number of piperidine rings is 1. The number of benzene rings is 1. The maximum Gasteiger partial charge on any atom is 0.254 e. The van der Waals surface area contributed by atoms with Crippen LogP contribution in [0, 0.1) is 5.92 Å². The molecule has 1 aromatic carbocycles. The fourth-order valence-electron chi connectivity index (χ4n) is 2.61. The van der Waals surface area contributed by atoms with Crippen molar-refractivity contribution in [2.24, 2.45) is 5.92 Å². The van der Waals surface area contributed by atoms with Crippen LogP contribution in [0.4, 0.5) is 0 Å². The maximum atomic E-state index is 12.6. The van der Waals surface area contributed by atoms with Crippen molar-refractivity contribution in [3.05, 3.63) is 29.8 Å². The highest BCUT2D eigenvalue weighted by Crippen LogP contribution is 2.21. The van der Waals surface area contributed by atoms with Gasteiger partial charge in [-0.15, -0.1) is 0 Å². The molecule has 21 heavy (non-hydrogen) atoms. The molecule has 0 bridgehead atoms. The lowest BCUT2D eigenvalue weighted by Gasteiger charge is -2.34. The summed E-state index contributed by atoms with van der Waals surface area (Å²) in [6.07, 6.45) is 2.96. The summed E-state index contributed by atoms with van der Waals surface area (Å²) >= 11 is 0. The Bertz CT molecular complexity index is 473. The van der Waals surface area contributed by atoms with E-state index >= 15 is 0 Å². The first-order chi connectivity index (χ1) is 10.1. The highest BCUT2D eigenvalue weighted by Gasteiger charge is 2.26. The summed E-state index contributed by atoms with van der Waals surface area (Å²) in [5.74, 6) is 1.17. The molecule has 1 amide bonds. The minimum absolute atomic E-state index is 0.0104. The number of ether oxygens (including phenoxy) is 1. The van der Waals surface area contributed by atoms with E-state index in [4.69, 9.17) is 4.74 Å². The van der Waals surface area contributed by atoms with Crippen LogP contribution >= 0.6 is 0 Å². The third-order valence-electron chi connectivity index (χ3n) is 3.76. The van der Waals surface area contributed by atoms with Crippen molar-refractivity contribution in [2.75, 3.05) is 19.8 Å². The van der Waals surface area contributed by atoms with E-state index < -0.39 is 0 Å². The second kappa shape index (κ2) is 7.46. The molecule has 1 fully saturated rings. The van der Waals surface area contributed by atoms with Gasteiger partial charge in [-0.1, -0.05) is 19.9 Å².